The lowest BCUT2D eigenvalue weighted by Crippen LogP contribution is -2.50. The molecule has 4 heteroatoms. The molecule has 0 saturated heterocycles. The second kappa shape index (κ2) is 7.81. The predicted octanol–water partition coefficient (Wildman–Crippen LogP) is 3.61. The summed E-state index contributed by atoms with van der Waals surface area (Å²) in [5.74, 6) is 0.0262. The first-order valence-electron chi connectivity index (χ1n) is 9.15. The van der Waals surface area contributed by atoms with Crippen molar-refractivity contribution >= 4 is 10.9 Å². The maximum Gasteiger partial charge on any atom is 0.0705 e. The van der Waals surface area contributed by atoms with Crippen LogP contribution in [0, 0.1) is 11.3 Å². The number of hydrogen-bond acceptors (Lipinski definition) is 4. The van der Waals surface area contributed by atoms with Gasteiger partial charge in [-0.3, -0.25) is 4.98 Å². The molecule has 3 atom stereocenters. The number of aliphatic hydroxyl groups is 1. The molecule has 0 spiro atoms. The first-order chi connectivity index (χ1) is 12.0. The van der Waals surface area contributed by atoms with Crippen molar-refractivity contribution in [1.82, 2.24) is 4.98 Å². The lowest BCUT2D eigenvalue weighted by atomic mass is 9.68. The van der Waals surface area contributed by atoms with Crippen molar-refractivity contribution in [2.24, 2.45) is 11.3 Å². The number of aromatic nitrogens is 1. The molecular weight excluding hydrogens is 314 g/mol. The van der Waals surface area contributed by atoms with Crippen LogP contribution in [0.3, 0.4) is 0 Å². The smallest absolute Gasteiger partial charge is 0.0705 e. The van der Waals surface area contributed by atoms with E-state index in [-0.39, 0.29) is 30.1 Å². The molecule has 25 heavy (non-hydrogen) atoms. The number of para-hydroxylation sites is 1. The maximum absolute atomic E-state index is 9.86. The molecule has 1 aromatic heterocycles. The molecule has 1 aliphatic rings. The molecule has 3 unspecified atom stereocenters. The summed E-state index contributed by atoms with van der Waals surface area (Å²) in [4.78, 5) is 4.70. The number of nitrogens with zero attached hydrogens (tertiary/aromatic N) is 1. The van der Waals surface area contributed by atoms with Gasteiger partial charge in [-0.2, -0.15) is 0 Å². The summed E-state index contributed by atoms with van der Waals surface area (Å²) in [5, 5.41) is 11.0. The van der Waals surface area contributed by atoms with Crippen molar-refractivity contribution in [3.63, 3.8) is 0 Å². The molecule has 1 heterocycles. The molecule has 1 aromatic carbocycles. The lowest BCUT2D eigenvalue weighted by molar-refractivity contribution is -0.142. The molecule has 136 valence electrons. The highest BCUT2D eigenvalue weighted by molar-refractivity contribution is 5.78. The molecule has 4 nitrogen and oxygen atoms in total. The second-order valence-corrected chi connectivity index (χ2v) is 7.68. The van der Waals surface area contributed by atoms with Crippen molar-refractivity contribution in [3.8, 4) is 0 Å². The first-order valence-corrected chi connectivity index (χ1v) is 9.15. The van der Waals surface area contributed by atoms with E-state index in [1.54, 1.807) is 7.11 Å². The van der Waals surface area contributed by atoms with E-state index >= 15 is 0 Å². The number of methoxy groups -OCH3 is 1. The number of benzene rings is 1. The van der Waals surface area contributed by atoms with Gasteiger partial charge < -0.3 is 14.6 Å². The van der Waals surface area contributed by atoms with Crippen LogP contribution in [0.25, 0.3) is 10.9 Å². The van der Waals surface area contributed by atoms with E-state index in [0.29, 0.717) is 6.61 Å². The van der Waals surface area contributed by atoms with Crippen LogP contribution in [0.2, 0.25) is 0 Å². The van der Waals surface area contributed by atoms with Crippen LogP contribution in [-0.4, -0.2) is 42.6 Å². The van der Waals surface area contributed by atoms with Gasteiger partial charge in [0.25, 0.3) is 0 Å². The van der Waals surface area contributed by atoms with Crippen LogP contribution in [0.15, 0.2) is 36.4 Å². The minimum atomic E-state index is 0.0232. The average Bonchev–Trinajstić information content (AvgIpc) is 2.62. The Morgan fingerprint density at radius 2 is 2.00 bits per heavy atom. The summed E-state index contributed by atoms with van der Waals surface area (Å²) in [6.07, 6.45) is 2.85. The second-order valence-electron chi connectivity index (χ2n) is 7.68. The topological polar surface area (TPSA) is 51.6 Å². The van der Waals surface area contributed by atoms with Crippen molar-refractivity contribution in [3.05, 3.63) is 42.1 Å². The van der Waals surface area contributed by atoms with E-state index in [4.69, 9.17) is 14.5 Å². The third-order valence-electron chi connectivity index (χ3n) is 5.52. The minimum absolute atomic E-state index is 0.0232. The summed E-state index contributed by atoms with van der Waals surface area (Å²) in [6.45, 7) is 5.13. The average molecular weight is 343 g/mol. The summed E-state index contributed by atoms with van der Waals surface area (Å²) >= 11 is 0. The lowest BCUT2D eigenvalue weighted by Gasteiger charge is -2.46. The van der Waals surface area contributed by atoms with Crippen molar-refractivity contribution in [2.75, 3.05) is 20.3 Å². The molecule has 3 rings (SSSR count). The van der Waals surface area contributed by atoms with Crippen LogP contribution >= 0.6 is 0 Å². The fourth-order valence-electron chi connectivity index (χ4n) is 4.12. The highest BCUT2D eigenvalue weighted by atomic mass is 16.5. The van der Waals surface area contributed by atoms with E-state index in [9.17, 15) is 5.11 Å². The van der Waals surface area contributed by atoms with Gasteiger partial charge in [0.1, 0.15) is 0 Å². The van der Waals surface area contributed by atoms with Crippen LogP contribution in [-0.2, 0) is 15.9 Å². The zero-order valence-electron chi connectivity index (χ0n) is 15.4. The van der Waals surface area contributed by atoms with Gasteiger partial charge in [0, 0.05) is 30.5 Å². The van der Waals surface area contributed by atoms with E-state index in [0.717, 1.165) is 35.9 Å². The summed E-state index contributed by atoms with van der Waals surface area (Å²) < 4.78 is 11.8. The Hall–Kier alpha value is -1.49. The summed E-state index contributed by atoms with van der Waals surface area (Å²) in [7, 11) is 1.73. The Balaban J connectivity index is 1.60. The quantitative estimate of drug-likeness (QED) is 0.870. The Morgan fingerprint density at radius 3 is 2.76 bits per heavy atom. The van der Waals surface area contributed by atoms with Crippen molar-refractivity contribution < 1.29 is 14.6 Å². The van der Waals surface area contributed by atoms with Gasteiger partial charge in [-0.1, -0.05) is 38.1 Å². The summed E-state index contributed by atoms with van der Waals surface area (Å²) in [5.41, 5.74) is 2.13. The van der Waals surface area contributed by atoms with E-state index in [1.807, 2.05) is 18.2 Å². The van der Waals surface area contributed by atoms with Crippen LogP contribution in [0.5, 0.6) is 0 Å². The van der Waals surface area contributed by atoms with Gasteiger partial charge in [-0.25, -0.2) is 0 Å². The molecule has 1 fully saturated rings. The number of ether oxygens (including phenoxy) is 2. The summed E-state index contributed by atoms with van der Waals surface area (Å²) in [6, 6.07) is 12.3. The Morgan fingerprint density at radius 1 is 1.20 bits per heavy atom. The van der Waals surface area contributed by atoms with E-state index < -0.39 is 0 Å². The van der Waals surface area contributed by atoms with Crippen LogP contribution in [0.4, 0.5) is 0 Å². The third kappa shape index (κ3) is 4.02. The van der Waals surface area contributed by atoms with Gasteiger partial charge in [0.15, 0.2) is 0 Å². The van der Waals surface area contributed by atoms with Gasteiger partial charge in [0.05, 0.1) is 30.9 Å². The van der Waals surface area contributed by atoms with Crippen molar-refractivity contribution in [1.29, 1.82) is 0 Å². The molecule has 0 amide bonds. The Bertz CT molecular complexity index is 700. The van der Waals surface area contributed by atoms with Gasteiger partial charge in [0.2, 0.25) is 0 Å². The number of hydrogen-bond donors (Lipinski definition) is 1. The van der Waals surface area contributed by atoms with E-state index in [1.165, 1.54) is 0 Å². The highest BCUT2D eigenvalue weighted by Crippen LogP contribution is 2.41. The van der Waals surface area contributed by atoms with Gasteiger partial charge >= 0.3 is 0 Å². The predicted molar refractivity (Wildman–Crippen MR) is 99.6 cm³/mol. The van der Waals surface area contributed by atoms with Crippen LogP contribution in [0.1, 0.15) is 32.4 Å². The van der Waals surface area contributed by atoms with E-state index in [2.05, 4.69) is 32.0 Å². The number of fused-ring (bicyclic) bond motifs is 1. The first kappa shape index (κ1) is 18.3. The van der Waals surface area contributed by atoms with Crippen LogP contribution < -0.4 is 0 Å². The molecule has 0 bridgehead atoms. The molecule has 0 aliphatic heterocycles. The number of rotatable bonds is 6. The molecule has 1 aliphatic carbocycles. The molecule has 0 radical (unpaired) electrons. The molecular formula is C21H29NO3. The number of aliphatic hydroxyl groups excluding tert-OH is 1. The molecule has 1 saturated carbocycles. The zero-order chi connectivity index (χ0) is 17.9. The molecule has 1 N–H and O–H groups in total. The largest absolute Gasteiger partial charge is 0.396 e. The Labute approximate surface area is 150 Å². The SMILES string of the molecule is COC1C(CO)C(OCCc2ccc3ccccc3n2)CCC1(C)C. The van der Waals surface area contributed by atoms with Gasteiger partial charge in [-0.15, -0.1) is 0 Å². The van der Waals surface area contributed by atoms with Crippen molar-refractivity contribution in [2.45, 2.75) is 45.3 Å². The van der Waals surface area contributed by atoms with Gasteiger partial charge in [-0.05, 0) is 30.4 Å². The minimum Gasteiger partial charge on any atom is -0.396 e. The third-order valence-corrected chi connectivity index (χ3v) is 5.52. The maximum atomic E-state index is 9.86. The number of pyridine rings is 1. The normalized spacial score (nSPS) is 26.0. The monoisotopic (exact) mass is 343 g/mol. The fourth-order valence-corrected chi connectivity index (χ4v) is 4.12. The fraction of sp³-hybridized carbons (Fsp3) is 0.571. The zero-order valence-corrected chi connectivity index (χ0v) is 15.4. The highest BCUT2D eigenvalue weighted by Gasteiger charge is 2.44. The Kier molecular flexibility index (Phi) is 5.72. The standard InChI is InChI=1S/C21H29NO3/c1-21(2)12-10-19(17(14-23)20(21)24-3)25-13-11-16-9-8-15-6-4-5-7-18(15)22-16/h4-9,17,19-20,23H,10-14H2,1-3H3. The molecule has 2 aromatic rings.